The van der Waals surface area contributed by atoms with E-state index in [1.54, 1.807) is 14.2 Å². The first kappa shape index (κ1) is 41.1. The Hall–Kier alpha value is -4.08. The van der Waals surface area contributed by atoms with Crippen molar-refractivity contribution in [1.29, 1.82) is 0 Å². The predicted octanol–water partition coefficient (Wildman–Crippen LogP) is 8.71. The lowest BCUT2D eigenvalue weighted by atomic mass is 9.81. The molecule has 4 aliphatic rings. The number of aromatic hydroxyl groups is 2. The molecule has 2 aliphatic heterocycles. The van der Waals surface area contributed by atoms with E-state index in [0.717, 1.165) is 36.5 Å². The third kappa shape index (κ3) is 6.25. The molecule has 2 heterocycles. The number of carbonyl (C=O) groups is 4. The van der Waals surface area contributed by atoms with Crippen LogP contribution in [0.4, 0.5) is 0 Å². The fraction of sp³-hybridized carbons (Fsp3) is 0.636. The summed E-state index contributed by atoms with van der Waals surface area (Å²) in [6.45, 7) is 20.0. The van der Waals surface area contributed by atoms with Crippen LogP contribution in [-0.2, 0) is 9.59 Å². The van der Waals surface area contributed by atoms with Crippen LogP contribution < -0.4 is 18.9 Å². The van der Waals surface area contributed by atoms with Gasteiger partial charge in [0.2, 0.25) is 0 Å². The maximum absolute atomic E-state index is 13.0. The Morgan fingerprint density at radius 2 is 1.06 bits per heavy atom. The summed E-state index contributed by atoms with van der Waals surface area (Å²) in [4.78, 5) is 49.9. The summed E-state index contributed by atoms with van der Waals surface area (Å²) in [5.74, 6) is 1.34. The standard InChI is InChI=1S/2C22H30O5/c2*1-7-12(4)20(25)19-16(24)9-17(26-6)18-14-8-13(11(2)3)15(10-23)22(14,5)27-21(18)19/h2*9-15,24H,7-8H2,1-6H3/t2*12-,13+,14+,15+,22-/m00/s1. The molecule has 0 spiro atoms. The van der Waals surface area contributed by atoms with E-state index >= 15 is 0 Å². The molecule has 0 amide bonds. The number of hydrogen-bond donors (Lipinski definition) is 2. The molecule has 2 fully saturated rings. The number of Topliss-reactive ketones (excluding diaryl/α,β-unsaturated/α-hetero) is 2. The quantitative estimate of drug-likeness (QED) is 0.160. The molecule has 2 aromatic rings. The summed E-state index contributed by atoms with van der Waals surface area (Å²) in [6.07, 6.45) is 4.93. The van der Waals surface area contributed by atoms with Gasteiger partial charge in [0.1, 0.15) is 69.4 Å². The second-order valence-corrected chi connectivity index (χ2v) is 17.1. The first-order valence-electron chi connectivity index (χ1n) is 19.7. The molecule has 0 radical (unpaired) electrons. The second-order valence-electron chi connectivity index (χ2n) is 17.1. The zero-order valence-electron chi connectivity index (χ0n) is 34.1. The minimum Gasteiger partial charge on any atom is -0.507 e. The van der Waals surface area contributed by atoms with E-state index in [1.165, 1.54) is 12.1 Å². The highest BCUT2D eigenvalue weighted by Crippen LogP contribution is 2.65. The van der Waals surface area contributed by atoms with Gasteiger partial charge in [0, 0.05) is 46.9 Å². The summed E-state index contributed by atoms with van der Waals surface area (Å²) in [5, 5.41) is 21.1. The molecule has 0 aromatic heterocycles. The van der Waals surface area contributed by atoms with Crippen molar-refractivity contribution < 1.29 is 48.3 Å². The highest BCUT2D eigenvalue weighted by Gasteiger charge is 2.62. The normalized spacial score (nSPS) is 29.8. The molecule has 0 unspecified atom stereocenters. The number of hydrogen-bond acceptors (Lipinski definition) is 10. The van der Waals surface area contributed by atoms with Gasteiger partial charge in [0.05, 0.1) is 26.1 Å². The average Bonchev–Trinajstić information content (AvgIpc) is 3.79. The van der Waals surface area contributed by atoms with E-state index in [1.807, 2.05) is 41.5 Å². The number of aldehydes is 2. The summed E-state index contributed by atoms with van der Waals surface area (Å²) < 4.78 is 23.8. The zero-order chi connectivity index (χ0) is 40.2. The lowest BCUT2D eigenvalue weighted by Crippen LogP contribution is -2.40. The van der Waals surface area contributed by atoms with E-state index < -0.39 is 11.2 Å². The van der Waals surface area contributed by atoms with Crippen molar-refractivity contribution in [2.45, 2.75) is 118 Å². The molecule has 2 N–H and O–H groups in total. The number of phenols is 2. The molecule has 2 aliphatic carbocycles. The van der Waals surface area contributed by atoms with Crippen LogP contribution in [-0.4, -0.2) is 59.8 Å². The molecule has 10 atom stereocenters. The number of carbonyl (C=O) groups excluding carboxylic acids is 4. The summed E-state index contributed by atoms with van der Waals surface area (Å²) in [5.41, 5.74) is 0.622. The van der Waals surface area contributed by atoms with Crippen LogP contribution in [0.2, 0.25) is 0 Å². The van der Waals surface area contributed by atoms with Crippen LogP contribution in [0.15, 0.2) is 12.1 Å². The van der Waals surface area contributed by atoms with Crippen molar-refractivity contribution in [2.75, 3.05) is 14.2 Å². The van der Waals surface area contributed by atoms with E-state index in [4.69, 9.17) is 18.9 Å². The maximum Gasteiger partial charge on any atom is 0.173 e. The van der Waals surface area contributed by atoms with E-state index in [0.29, 0.717) is 47.7 Å². The lowest BCUT2D eigenvalue weighted by molar-refractivity contribution is -0.118. The van der Waals surface area contributed by atoms with Gasteiger partial charge >= 0.3 is 0 Å². The number of benzene rings is 2. The highest BCUT2D eigenvalue weighted by atomic mass is 16.5. The minimum atomic E-state index is -0.732. The Labute approximate surface area is 320 Å². The Morgan fingerprint density at radius 1 is 0.722 bits per heavy atom. The largest absolute Gasteiger partial charge is 0.507 e. The van der Waals surface area contributed by atoms with Crippen molar-refractivity contribution in [2.24, 2.45) is 47.3 Å². The molecule has 10 nitrogen and oxygen atoms in total. The summed E-state index contributed by atoms with van der Waals surface area (Å²) in [7, 11) is 3.10. The third-order valence-electron chi connectivity index (χ3n) is 13.6. The molecule has 296 valence electrons. The van der Waals surface area contributed by atoms with Crippen LogP contribution in [0.5, 0.6) is 34.5 Å². The van der Waals surface area contributed by atoms with Gasteiger partial charge < -0.3 is 38.7 Å². The first-order chi connectivity index (χ1) is 25.4. The van der Waals surface area contributed by atoms with Gasteiger partial charge in [-0.15, -0.1) is 0 Å². The number of fused-ring (bicyclic) bond motifs is 6. The number of methoxy groups -OCH3 is 2. The molecule has 2 aromatic carbocycles. The number of phenolic OH excluding ortho intramolecular Hbond substituents is 2. The van der Waals surface area contributed by atoms with Crippen molar-refractivity contribution in [3.05, 3.63) is 34.4 Å². The lowest BCUT2D eigenvalue weighted by Gasteiger charge is -2.31. The van der Waals surface area contributed by atoms with Gasteiger partial charge in [-0.1, -0.05) is 55.4 Å². The molecular formula is C44H60O10. The SMILES string of the molecule is CC[C@H](C)C(=O)c1c(O)cc(OC)c2c1O[C@@]1(C)[C@@H]2C[C@H](C(C)C)[C@H]1C=O.CC[C@H](C)C(=O)c1c(O)cc(OC)c2c1O[C@@]1(C)[C@@H]2C[C@H](C(C)C)[C@H]1C=O. The van der Waals surface area contributed by atoms with Crippen LogP contribution in [0.1, 0.15) is 139 Å². The zero-order valence-corrected chi connectivity index (χ0v) is 34.1. The van der Waals surface area contributed by atoms with Crippen LogP contribution in [0, 0.1) is 47.3 Å². The second kappa shape index (κ2) is 15.2. The molecule has 6 rings (SSSR count). The summed E-state index contributed by atoms with van der Waals surface area (Å²) >= 11 is 0. The third-order valence-corrected chi connectivity index (χ3v) is 13.6. The Kier molecular flexibility index (Phi) is 11.6. The van der Waals surface area contributed by atoms with Gasteiger partial charge in [-0.05, 0) is 63.2 Å². The van der Waals surface area contributed by atoms with Crippen molar-refractivity contribution in [3.8, 4) is 34.5 Å². The van der Waals surface area contributed by atoms with Gasteiger partial charge in [-0.25, -0.2) is 0 Å². The molecule has 0 saturated heterocycles. The number of ether oxygens (including phenoxy) is 4. The molecule has 0 bridgehead atoms. The fourth-order valence-corrected chi connectivity index (χ4v) is 9.82. The predicted molar refractivity (Wildman–Crippen MR) is 205 cm³/mol. The van der Waals surface area contributed by atoms with Crippen molar-refractivity contribution >= 4 is 24.1 Å². The number of ketones is 2. The molecular weight excluding hydrogens is 688 g/mol. The van der Waals surface area contributed by atoms with Gasteiger partial charge in [0.15, 0.2) is 11.6 Å². The van der Waals surface area contributed by atoms with Crippen molar-refractivity contribution in [1.82, 2.24) is 0 Å². The Morgan fingerprint density at radius 3 is 1.31 bits per heavy atom. The minimum absolute atomic E-state index is 0.0471. The van der Waals surface area contributed by atoms with E-state index in [-0.39, 0.29) is 81.5 Å². The summed E-state index contributed by atoms with van der Waals surface area (Å²) in [6, 6.07) is 3.03. The monoisotopic (exact) mass is 748 g/mol. The van der Waals surface area contributed by atoms with Crippen LogP contribution >= 0.6 is 0 Å². The van der Waals surface area contributed by atoms with Gasteiger partial charge in [0.25, 0.3) is 0 Å². The van der Waals surface area contributed by atoms with E-state index in [9.17, 15) is 29.4 Å². The van der Waals surface area contributed by atoms with Crippen LogP contribution in [0.3, 0.4) is 0 Å². The number of rotatable bonds is 12. The molecule has 54 heavy (non-hydrogen) atoms. The Bertz CT molecular complexity index is 1670. The highest BCUT2D eigenvalue weighted by molar-refractivity contribution is 6.04. The molecule has 10 heteroatoms. The fourth-order valence-electron chi connectivity index (χ4n) is 9.82. The Balaban J connectivity index is 0.000000208. The maximum atomic E-state index is 13.0. The first-order valence-corrected chi connectivity index (χ1v) is 19.7. The van der Waals surface area contributed by atoms with E-state index in [2.05, 4.69) is 27.7 Å². The average molecular weight is 749 g/mol. The van der Waals surface area contributed by atoms with Gasteiger partial charge in [-0.2, -0.15) is 0 Å². The smallest absolute Gasteiger partial charge is 0.173 e. The molecule has 2 saturated carbocycles. The topological polar surface area (TPSA) is 146 Å². The van der Waals surface area contributed by atoms with Gasteiger partial charge in [-0.3, -0.25) is 9.59 Å². The van der Waals surface area contributed by atoms with Crippen LogP contribution in [0.25, 0.3) is 0 Å². The van der Waals surface area contributed by atoms with Crippen molar-refractivity contribution in [3.63, 3.8) is 0 Å².